The van der Waals surface area contributed by atoms with E-state index in [9.17, 15) is 0 Å². The lowest BCUT2D eigenvalue weighted by Gasteiger charge is -2.14. The molecular weight excluding hydrogens is 174 g/mol. The van der Waals surface area contributed by atoms with Crippen LogP contribution >= 0.6 is 0 Å². The minimum atomic E-state index is 0.0788. The summed E-state index contributed by atoms with van der Waals surface area (Å²) in [6, 6.07) is 4.34. The van der Waals surface area contributed by atoms with Gasteiger partial charge in [-0.2, -0.15) is 0 Å². The van der Waals surface area contributed by atoms with Crippen LogP contribution in [0.15, 0.2) is 12.1 Å². The highest BCUT2D eigenvalue weighted by Gasteiger charge is 2.05. The van der Waals surface area contributed by atoms with Gasteiger partial charge in [-0.1, -0.05) is 17.7 Å². The molecule has 0 saturated heterocycles. The van der Waals surface area contributed by atoms with Gasteiger partial charge >= 0.3 is 0 Å². The van der Waals surface area contributed by atoms with E-state index in [1.165, 1.54) is 16.7 Å². The van der Waals surface area contributed by atoms with Gasteiger partial charge in [-0.3, -0.25) is 0 Å². The highest BCUT2D eigenvalue weighted by atomic mass is 16.5. The van der Waals surface area contributed by atoms with Gasteiger partial charge in [0.25, 0.3) is 0 Å². The smallest absolute Gasteiger partial charge is 0.125 e. The number of rotatable bonds is 3. The second-order valence-electron chi connectivity index (χ2n) is 4.02. The van der Waals surface area contributed by atoms with Crippen molar-refractivity contribution in [1.29, 1.82) is 0 Å². The van der Waals surface area contributed by atoms with Crippen LogP contribution in [0.3, 0.4) is 0 Å². The van der Waals surface area contributed by atoms with Gasteiger partial charge < -0.3 is 10.5 Å². The average Bonchev–Trinajstić information content (AvgIpc) is 2.01. The zero-order valence-corrected chi connectivity index (χ0v) is 9.42. The molecule has 1 aromatic carbocycles. The first-order chi connectivity index (χ1) is 6.50. The maximum atomic E-state index is 5.66. The summed E-state index contributed by atoms with van der Waals surface area (Å²) in [5.74, 6) is 0.980. The van der Waals surface area contributed by atoms with Crippen molar-refractivity contribution in [1.82, 2.24) is 0 Å². The van der Waals surface area contributed by atoms with Gasteiger partial charge in [0.1, 0.15) is 12.4 Å². The topological polar surface area (TPSA) is 35.2 Å². The number of aryl methyl sites for hydroxylation is 3. The standard InChI is InChI=1S/C12H19NO/c1-8-5-9(2)12(10(3)6-8)14-7-11(4)13/h5-6,11H,7,13H2,1-4H3. The van der Waals surface area contributed by atoms with E-state index in [2.05, 4.69) is 32.9 Å². The fourth-order valence-electron chi connectivity index (χ4n) is 1.61. The predicted molar refractivity (Wildman–Crippen MR) is 59.8 cm³/mol. The molecule has 0 aliphatic rings. The zero-order valence-electron chi connectivity index (χ0n) is 9.42. The third kappa shape index (κ3) is 2.74. The van der Waals surface area contributed by atoms with Crippen LogP contribution in [0.5, 0.6) is 5.75 Å². The molecule has 0 amide bonds. The first kappa shape index (κ1) is 11.1. The minimum absolute atomic E-state index is 0.0788. The maximum absolute atomic E-state index is 5.66. The number of ether oxygens (including phenoxy) is 1. The van der Waals surface area contributed by atoms with Gasteiger partial charge in [-0.15, -0.1) is 0 Å². The van der Waals surface area contributed by atoms with E-state index in [0.717, 1.165) is 5.75 Å². The van der Waals surface area contributed by atoms with Crippen molar-refractivity contribution in [2.45, 2.75) is 33.7 Å². The SMILES string of the molecule is Cc1cc(C)c(OCC(C)N)c(C)c1. The molecule has 0 heterocycles. The fraction of sp³-hybridized carbons (Fsp3) is 0.500. The summed E-state index contributed by atoms with van der Waals surface area (Å²) in [6.07, 6.45) is 0. The summed E-state index contributed by atoms with van der Waals surface area (Å²) in [6.45, 7) is 8.74. The van der Waals surface area contributed by atoms with Crippen LogP contribution in [0.25, 0.3) is 0 Å². The van der Waals surface area contributed by atoms with Crippen LogP contribution < -0.4 is 10.5 Å². The van der Waals surface area contributed by atoms with E-state index >= 15 is 0 Å². The molecule has 0 aromatic heterocycles. The lowest BCUT2D eigenvalue weighted by atomic mass is 10.1. The highest BCUT2D eigenvalue weighted by Crippen LogP contribution is 2.24. The second kappa shape index (κ2) is 4.47. The van der Waals surface area contributed by atoms with Gasteiger partial charge in [-0.25, -0.2) is 0 Å². The molecule has 2 N–H and O–H groups in total. The first-order valence-corrected chi connectivity index (χ1v) is 4.97. The molecule has 1 rings (SSSR count). The minimum Gasteiger partial charge on any atom is -0.491 e. The van der Waals surface area contributed by atoms with E-state index in [0.29, 0.717) is 6.61 Å². The van der Waals surface area contributed by atoms with Crippen LogP contribution in [0.1, 0.15) is 23.6 Å². The monoisotopic (exact) mass is 193 g/mol. The molecule has 0 spiro atoms. The van der Waals surface area contributed by atoms with Crippen LogP contribution in [0.2, 0.25) is 0 Å². The lowest BCUT2D eigenvalue weighted by molar-refractivity contribution is 0.292. The molecule has 0 fully saturated rings. The molecule has 0 bridgehead atoms. The van der Waals surface area contributed by atoms with Crippen molar-refractivity contribution >= 4 is 0 Å². The van der Waals surface area contributed by atoms with Gasteiger partial charge in [-0.05, 0) is 38.8 Å². The number of hydrogen-bond donors (Lipinski definition) is 1. The van der Waals surface area contributed by atoms with E-state index in [1.807, 2.05) is 6.92 Å². The lowest BCUT2D eigenvalue weighted by Crippen LogP contribution is -2.24. The largest absolute Gasteiger partial charge is 0.491 e. The van der Waals surface area contributed by atoms with Crippen LogP contribution in [0.4, 0.5) is 0 Å². The van der Waals surface area contributed by atoms with E-state index < -0.39 is 0 Å². The Balaban J connectivity index is 2.86. The number of hydrogen-bond acceptors (Lipinski definition) is 2. The number of benzene rings is 1. The third-order valence-electron chi connectivity index (χ3n) is 2.10. The third-order valence-corrected chi connectivity index (χ3v) is 2.10. The summed E-state index contributed by atoms with van der Waals surface area (Å²) in [7, 11) is 0. The average molecular weight is 193 g/mol. The fourth-order valence-corrected chi connectivity index (χ4v) is 1.61. The Hall–Kier alpha value is -1.02. The molecule has 0 aliphatic heterocycles. The first-order valence-electron chi connectivity index (χ1n) is 4.97. The van der Waals surface area contributed by atoms with Crippen molar-refractivity contribution < 1.29 is 4.74 Å². The normalized spacial score (nSPS) is 12.6. The highest BCUT2D eigenvalue weighted by molar-refractivity contribution is 5.42. The van der Waals surface area contributed by atoms with E-state index in [1.54, 1.807) is 0 Å². The molecule has 1 unspecified atom stereocenters. The van der Waals surface area contributed by atoms with E-state index in [-0.39, 0.29) is 6.04 Å². The van der Waals surface area contributed by atoms with Crippen molar-refractivity contribution in [3.05, 3.63) is 28.8 Å². The van der Waals surface area contributed by atoms with Crippen molar-refractivity contribution in [3.8, 4) is 5.75 Å². The molecule has 14 heavy (non-hydrogen) atoms. The quantitative estimate of drug-likeness (QED) is 0.799. The van der Waals surface area contributed by atoms with Gasteiger partial charge in [0.05, 0.1) is 0 Å². The molecule has 2 heteroatoms. The summed E-state index contributed by atoms with van der Waals surface area (Å²) in [4.78, 5) is 0. The van der Waals surface area contributed by atoms with Crippen molar-refractivity contribution in [2.75, 3.05) is 6.61 Å². The van der Waals surface area contributed by atoms with E-state index in [4.69, 9.17) is 10.5 Å². The predicted octanol–water partition coefficient (Wildman–Crippen LogP) is 2.34. The summed E-state index contributed by atoms with van der Waals surface area (Å²) in [5.41, 5.74) is 9.28. The number of nitrogens with two attached hydrogens (primary N) is 1. The second-order valence-corrected chi connectivity index (χ2v) is 4.02. The van der Waals surface area contributed by atoms with Gasteiger partial charge in [0, 0.05) is 6.04 Å². The van der Waals surface area contributed by atoms with Crippen LogP contribution in [0, 0.1) is 20.8 Å². The Morgan fingerprint density at radius 2 is 1.71 bits per heavy atom. The van der Waals surface area contributed by atoms with Crippen LogP contribution in [-0.2, 0) is 0 Å². The summed E-state index contributed by atoms with van der Waals surface area (Å²) in [5, 5.41) is 0. The molecule has 0 aliphatic carbocycles. The molecule has 0 radical (unpaired) electrons. The Morgan fingerprint density at radius 1 is 1.21 bits per heavy atom. The van der Waals surface area contributed by atoms with Crippen LogP contribution in [-0.4, -0.2) is 12.6 Å². The molecule has 1 aromatic rings. The molecular formula is C12H19NO. The molecule has 78 valence electrons. The zero-order chi connectivity index (χ0) is 10.7. The summed E-state index contributed by atoms with van der Waals surface area (Å²) < 4.78 is 5.66. The Kier molecular flexibility index (Phi) is 3.53. The van der Waals surface area contributed by atoms with Gasteiger partial charge in [0.2, 0.25) is 0 Å². The Morgan fingerprint density at radius 3 is 2.14 bits per heavy atom. The molecule has 2 nitrogen and oxygen atoms in total. The molecule has 0 saturated carbocycles. The molecule has 1 atom stereocenters. The Labute approximate surface area is 86.1 Å². The Bertz CT molecular complexity index is 295. The van der Waals surface area contributed by atoms with Crippen molar-refractivity contribution in [3.63, 3.8) is 0 Å². The van der Waals surface area contributed by atoms with Crippen molar-refractivity contribution in [2.24, 2.45) is 5.73 Å². The summed E-state index contributed by atoms with van der Waals surface area (Å²) >= 11 is 0. The maximum Gasteiger partial charge on any atom is 0.125 e. The van der Waals surface area contributed by atoms with Gasteiger partial charge in [0.15, 0.2) is 0 Å².